The van der Waals surface area contributed by atoms with Gasteiger partial charge < -0.3 is 15.0 Å². The van der Waals surface area contributed by atoms with Crippen LogP contribution in [-0.2, 0) is 4.74 Å². The summed E-state index contributed by atoms with van der Waals surface area (Å²) in [6.45, 7) is 7.33. The first-order valence-electron chi connectivity index (χ1n) is 8.71. The highest BCUT2D eigenvalue weighted by molar-refractivity contribution is 8.00. The van der Waals surface area contributed by atoms with Gasteiger partial charge in [0.05, 0.1) is 11.7 Å². The maximum atomic E-state index is 12.2. The van der Waals surface area contributed by atoms with Gasteiger partial charge in [0.1, 0.15) is 10.0 Å². The first kappa shape index (κ1) is 18.2. The fraction of sp³-hybridized carbons (Fsp3) is 0.765. The zero-order valence-corrected chi connectivity index (χ0v) is 16.3. The summed E-state index contributed by atoms with van der Waals surface area (Å²) < 4.78 is 7.29. The van der Waals surface area contributed by atoms with Crippen molar-refractivity contribution in [1.82, 2.24) is 15.2 Å². The molecule has 2 saturated heterocycles. The van der Waals surface area contributed by atoms with Gasteiger partial charge in [-0.25, -0.2) is 4.98 Å². The van der Waals surface area contributed by atoms with Crippen LogP contribution in [0, 0.1) is 0 Å². The van der Waals surface area contributed by atoms with E-state index in [2.05, 4.69) is 29.0 Å². The highest BCUT2D eigenvalue weighted by Gasteiger charge is 2.42. The highest BCUT2D eigenvalue weighted by atomic mass is 32.2. The molecule has 0 bridgehead atoms. The van der Waals surface area contributed by atoms with Crippen molar-refractivity contribution in [3.8, 4) is 0 Å². The number of hydrogen-bond donors (Lipinski definition) is 1. The molecule has 1 unspecified atom stereocenters. The van der Waals surface area contributed by atoms with Gasteiger partial charge in [-0.05, 0) is 45.8 Å². The van der Waals surface area contributed by atoms with E-state index in [1.165, 1.54) is 11.3 Å². The lowest BCUT2D eigenvalue weighted by atomic mass is 9.88. The summed E-state index contributed by atoms with van der Waals surface area (Å²) in [5, 5.41) is 4.81. The van der Waals surface area contributed by atoms with Crippen molar-refractivity contribution in [2.24, 2.45) is 0 Å². The van der Waals surface area contributed by atoms with Gasteiger partial charge in [-0.15, -0.1) is 11.3 Å². The molecule has 24 heavy (non-hydrogen) atoms. The summed E-state index contributed by atoms with van der Waals surface area (Å²) in [5.74, 6) is -0.0919. The number of carbonyl (C=O) groups is 1. The number of thiazole rings is 1. The average molecular weight is 370 g/mol. The molecule has 134 valence electrons. The second-order valence-corrected chi connectivity index (χ2v) is 8.92. The molecule has 1 N–H and O–H groups in total. The number of ether oxygens (including phenoxy) is 1. The van der Waals surface area contributed by atoms with E-state index in [1.807, 2.05) is 11.6 Å². The summed E-state index contributed by atoms with van der Waals surface area (Å²) in [7, 11) is 0. The normalized spacial score (nSPS) is 23.9. The van der Waals surface area contributed by atoms with Crippen LogP contribution in [0.2, 0.25) is 0 Å². The summed E-state index contributed by atoms with van der Waals surface area (Å²) in [4.78, 5) is 19.0. The number of carbonyl (C=O) groups excluding carboxylic acids is 1. The lowest BCUT2D eigenvalue weighted by molar-refractivity contribution is -0.0788. The van der Waals surface area contributed by atoms with Crippen molar-refractivity contribution >= 4 is 29.0 Å². The van der Waals surface area contributed by atoms with Crippen molar-refractivity contribution in [2.45, 2.75) is 61.6 Å². The van der Waals surface area contributed by atoms with Gasteiger partial charge in [-0.3, -0.25) is 4.79 Å². The first-order valence-corrected chi connectivity index (χ1v) is 10.8. The third-order valence-electron chi connectivity index (χ3n) is 5.16. The van der Waals surface area contributed by atoms with Crippen molar-refractivity contribution in [3.05, 3.63) is 11.1 Å². The summed E-state index contributed by atoms with van der Waals surface area (Å²) >= 11 is 3.08. The number of nitrogens with zero attached hydrogens (tertiary/aromatic N) is 2. The Kier molecular flexibility index (Phi) is 5.85. The van der Waals surface area contributed by atoms with Gasteiger partial charge in [0.25, 0.3) is 5.91 Å². The molecule has 0 radical (unpaired) electrons. The van der Waals surface area contributed by atoms with Crippen molar-refractivity contribution in [1.29, 1.82) is 0 Å². The SMILES string of the molecule is CSc1nc(C(=O)NCC2CCC3(CCN(C(C)C)CC3)O2)cs1. The summed E-state index contributed by atoms with van der Waals surface area (Å²) in [6.07, 6.45) is 6.48. The largest absolute Gasteiger partial charge is 0.370 e. The molecule has 7 heteroatoms. The van der Waals surface area contributed by atoms with Gasteiger partial charge in [0, 0.05) is 31.1 Å². The van der Waals surface area contributed by atoms with Crippen LogP contribution in [0.4, 0.5) is 0 Å². The van der Waals surface area contributed by atoms with Crippen LogP contribution >= 0.6 is 23.1 Å². The van der Waals surface area contributed by atoms with E-state index in [0.29, 0.717) is 18.3 Å². The molecule has 2 aliphatic heterocycles. The molecule has 2 fully saturated rings. The molecule has 0 aliphatic carbocycles. The van der Waals surface area contributed by atoms with Gasteiger partial charge in [-0.2, -0.15) is 0 Å². The van der Waals surface area contributed by atoms with Crippen LogP contribution in [0.25, 0.3) is 0 Å². The number of rotatable bonds is 5. The Labute approximate surface area is 152 Å². The Balaban J connectivity index is 1.46. The molecule has 1 aromatic rings. The fourth-order valence-corrected chi connectivity index (χ4v) is 4.85. The molecule has 5 nitrogen and oxygen atoms in total. The van der Waals surface area contributed by atoms with Gasteiger partial charge >= 0.3 is 0 Å². The maximum Gasteiger partial charge on any atom is 0.270 e. The Hall–Kier alpha value is -0.630. The van der Waals surface area contributed by atoms with Crippen molar-refractivity contribution in [2.75, 3.05) is 25.9 Å². The lowest BCUT2D eigenvalue weighted by Gasteiger charge is -2.40. The Bertz CT molecular complexity index is 568. The molecule has 0 saturated carbocycles. The summed E-state index contributed by atoms with van der Waals surface area (Å²) in [6, 6.07) is 0.614. The molecule has 1 aromatic heterocycles. The number of thioether (sulfide) groups is 1. The predicted molar refractivity (Wildman–Crippen MR) is 99.0 cm³/mol. The van der Waals surface area contributed by atoms with Crippen LogP contribution in [0.5, 0.6) is 0 Å². The number of aromatic nitrogens is 1. The second-order valence-electron chi connectivity index (χ2n) is 7.00. The zero-order valence-electron chi connectivity index (χ0n) is 14.7. The third kappa shape index (κ3) is 4.12. The molecule has 0 aromatic carbocycles. The van der Waals surface area contributed by atoms with Crippen molar-refractivity contribution < 1.29 is 9.53 Å². The van der Waals surface area contributed by atoms with E-state index >= 15 is 0 Å². The second kappa shape index (κ2) is 7.72. The van der Waals surface area contributed by atoms with Crippen LogP contribution in [0.1, 0.15) is 50.0 Å². The van der Waals surface area contributed by atoms with E-state index in [4.69, 9.17) is 4.74 Å². The van der Waals surface area contributed by atoms with Crippen LogP contribution in [-0.4, -0.2) is 59.4 Å². The monoisotopic (exact) mass is 369 g/mol. The Morgan fingerprint density at radius 3 is 2.88 bits per heavy atom. The minimum Gasteiger partial charge on any atom is -0.370 e. The lowest BCUT2D eigenvalue weighted by Crippen LogP contribution is -2.47. The highest BCUT2D eigenvalue weighted by Crippen LogP contribution is 2.39. The van der Waals surface area contributed by atoms with E-state index in [1.54, 1.807) is 11.8 Å². The molecule has 3 heterocycles. The smallest absolute Gasteiger partial charge is 0.270 e. The molecular weight excluding hydrogens is 342 g/mol. The first-order chi connectivity index (χ1) is 11.5. The third-order valence-corrected chi connectivity index (χ3v) is 7.02. The standard InChI is InChI=1S/C17H27N3O2S2/c1-12(2)20-8-6-17(7-9-20)5-4-13(22-17)10-18-15(21)14-11-24-16(19-14)23-3/h11-13H,4-10H2,1-3H3,(H,18,21). The topological polar surface area (TPSA) is 54.5 Å². The molecule has 2 aliphatic rings. The van der Waals surface area contributed by atoms with E-state index in [0.717, 1.165) is 43.1 Å². The molecule has 1 amide bonds. The Morgan fingerprint density at radius 2 is 2.25 bits per heavy atom. The summed E-state index contributed by atoms with van der Waals surface area (Å²) in [5.41, 5.74) is 0.565. The van der Waals surface area contributed by atoms with Crippen LogP contribution in [0.3, 0.4) is 0 Å². The van der Waals surface area contributed by atoms with Gasteiger partial charge in [-0.1, -0.05) is 11.8 Å². The van der Waals surface area contributed by atoms with Crippen LogP contribution in [0.15, 0.2) is 9.72 Å². The maximum absolute atomic E-state index is 12.2. The molecule has 3 rings (SSSR count). The number of nitrogens with one attached hydrogen (secondary N) is 1. The number of likely N-dealkylation sites (tertiary alicyclic amines) is 1. The number of hydrogen-bond acceptors (Lipinski definition) is 6. The molecule has 1 spiro atoms. The minimum absolute atomic E-state index is 0.0490. The average Bonchev–Trinajstić information content (AvgIpc) is 3.21. The number of amides is 1. The van der Waals surface area contributed by atoms with E-state index < -0.39 is 0 Å². The number of piperidine rings is 1. The minimum atomic E-state index is -0.0919. The van der Waals surface area contributed by atoms with Gasteiger partial charge in [0.2, 0.25) is 0 Å². The molecular formula is C17H27N3O2S2. The quantitative estimate of drug-likeness (QED) is 0.809. The van der Waals surface area contributed by atoms with E-state index in [9.17, 15) is 4.79 Å². The van der Waals surface area contributed by atoms with E-state index in [-0.39, 0.29) is 17.6 Å². The Morgan fingerprint density at radius 1 is 1.50 bits per heavy atom. The molecule has 1 atom stereocenters. The predicted octanol–water partition coefficient (Wildman–Crippen LogP) is 3.02. The van der Waals surface area contributed by atoms with Gasteiger partial charge in [0.15, 0.2) is 0 Å². The zero-order chi connectivity index (χ0) is 17.2. The fourth-order valence-electron chi connectivity index (χ4n) is 3.61. The van der Waals surface area contributed by atoms with Crippen molar-refractivity contribution in [3.63, 3.8) is 0 Å². The van der Waals surface area contributed by atoms with Crippen LogP contribution < -0.4 is 5.32 Å².